The molecule has 1 aliphatic carbocycles. The summed E-state index contributed by atoms with van der Waals surface area (Å²) in [6.45, 7) is 18.7. The average molecular weight is 993 g/mol. The van der Waals surface area contributed by atoms with Crippen LogP contribution in [-0.4, -0.2) is 4.57 Å². The number of benzene rings is 11. The lowest BCUT2D eigenvalue weighted by atomic mass is 9.78. The van der Waals surface area contributed by atoms with Gasteiger partial charge in [0.2, 0.25) is 0 Å². The quantitative estimate of drug-likeness (QED) is 0.147. The second-order valence-corrected chi connectivity index (χ2v) is 23.7. The first kappa shape index (κ1) is 48.0. The SMILES string of the molecule is CC(C)(C)c1cc(-c2cccc3cccc(-c4ccccc4N(c4ccc(-c5cccc6c5c5ccccc5n6-c5ccccc5)cc4)c4ccccc4-c4ccc5c(c4)C(C)(C)c4ccccc4-5)c23)cc(C(C)(C)C)c1. The van der Waals surface area contributed by atoms with Crippen molar-refractivity contribution in [3.8, 4) is 61.3 Å². The van der Waals surface area contributed by atoms with E-state index in [1.807, 2.05) is 0 Å². The summed E-state index contributed by atoms with van der Waals surface area (Å²) in [7, 11) is 0. The number of hydrogen-bond acceptors (Lipinski definition) is 1. The van der Waals surface area contributed by atoms with Crippen molar-refractivity contribution in [2.45, 2.75) is 71.6 Å². The van der Waals surface area contributed by atoms with Crippen LogP contribution in [0.5, 0.6) is 0 Å². The fourth-order valence-corrected chi connectivity index (χ4v) is 12.4. The normalized spacial score (nSPS) is 13.0. The highest BCUT2D eigenvalue weighted by Gasteiger charge is 2.36. The Morgan fingerprint density at radius 3 is 1.57 bits per heavy atom. The van der Waals surface area contributed by atoms with Crippen molar-refractivity contribution >= 4 is 49.6 Å². The maximum atomic E-state index is 2.52. The van der Waals surface area contributed by atoms with Crippen LogP contribution in [0.1, 0.15) is 77.6 Å². The van der Waals surface area contributed by atoms with Crippen LogP contribution in [0.3, 0.4) is 0 Å². The van der Waals surface area contributed by atoms with Gasteiger partial charge in [0.15, 0.2) is 0 Å². The van der Waals surface area contributed by atoms with Crippen LogP contribution >= 0.6 is 0 Å². The second kappa shape index (κ2) is 18.2. The third-order valence-electron chi connectivity index (χ3n) is 16.5. The van der Waals surface area contributed by atoms with E-state index in [-0.39, 0.29) is 16.2 Å². The molecular formula is C75H64N2. The third kappa shape index (κ3) is 8.09. The van der Waals surface area contributed by atoms with E-state index in [0.29, 0.717) is 0 Å². The molecule has 0 unspecified atom stereocenters. The minimum Gasteiger partial charge on any atom is -0.309 e. The first-order chi connectivity index (χ1) is 37.2. The molecule has 0 bridgehead atoms. The van der Waals surface area contributed by atoms with Crippen LogP contribution in [-0.2, 0) is 16.2 Å². The molecule has 11 aromatic carbocycles. The zero-order chi connectivity index (χ0) is 52.8. The van der Waals surface area contributed by atoms with Crippen LogP contribution in [0, 0.1) is 0 Å². The van der Waals surface area contributed by atoms with Crippen LogP contribution in [0.4, 0.5) is 17.1 Å². The topological polar surface area (TPSA) is 8.17 Å². The molecule has 1 aliphatic rings. The number of fused-ring (bicyclic) bond motifs is 7. The van der Waals surface area contributed by atoms with Gasteiger partial charge in [-0.05, 0) is 143 Å². The summed E-state index contributed by atoms with van der Waals surface area (Å²) in [6, 6.07) is 90.8. The number of para-hydroxylation sites is 4. The van der Waals surface area contributed by atoms with E-state index < -0.39 is 0 Å². The van der Waals surface area contributed by atoms with Gasteiger partial charge in [0, 0.05) is 38.7 Å². The monoisotopic (exact) mass is 993 g/mol. The number of rotatable bonds is 8. The molecule has 0 fully saturated rings. The second-order valence-electron chi connectivity index (χ2n) is 23.7. The minimum absolute atomic E-state index is 0.0222. The zero-order valence-electron chi connectivity index (χ0n) is 45.5. The molecule has 1 heterocycles. The molecule has 0 saturated carbocycles. The standard InChI is InChI=1S/C75H64N2/c1-73(2,3)53-45-52(46-54(48-53)74(4,5)6)59-31-20-23-50-24-21-33-63(71(50)59)62-29-14-18-36-68(62)76(67-35-17-13-27-57(67)51-41-44-61-60-28-12-16-34-65(60)75(7,8)66(61)47-51)56-42-39-49(40-43-56)58-32-22-38-70-72(58)64-30-15-19-37-69(64)77(70)55-25-10-9-11-26-55/h9-48H,1-8H3. The van der Waals surface area contributed by atoms with Gasteiger partial charge in [-0.25, -0.2) is 0 Å². The summed E-state index contributed by atoms with van der Waals surface area (Å²) >= 11 is 0. The summed E-state index contributed by atoms with van der Waals surface area (Å²) in [5, 5.41) is 4.96. The maximum Gasteiger partial charge on any atom is 0.0547 e. The van der Waals surface area contributed by atoms with Gasteiger partial charge in [-0.3, -0.25) is 0 Å². The predicted octanol–water partition coefficient (Wildman–Crippen LogP) is 21.0. The molecule has 0 saturated heterocycles. The van der Waals surface area contributed by atoms with E-state index in [1.54, 1.807) is 0 Å². The zero-order valence-corrected chi connectivity index (χ0v) is 45.5. The smallest absolute Gasteiger partial charge is 0.0547 e. The van der Waals surface area contributed by atoms with E-state index >= 15 is 0 Å². The highest BCUT2D eigenvalue weighted by molar-refractivity contribution is 6.16. The Labute approximate surface area is 454 Å². The summed E-state index contributed by atoms with van der Waals surface area (Å²) in [6.07, 6.45) is 0. The molecule has 77 heavy (non-hydrogen) atoms. The number of anilines is 3. The van der Waals surface area contributed by atoms with Gasteiger partial charge in [0.25, 0.3) is 0 Å². The van der Waals surface area contributed by atoms with Gasteiger partial charge in [-0.1, -0.05) is 243 Å². The number of aromatic nitrogens is 1. The van der Waals surface area contributed by atoms with E-state index in [4.69, 9.17) is 0 Å². The van der Waals surface area contributed by atoms with E-state index in [1.165, 1.54) is 105 Å². The minimum atomic E-state index is -0.138. The molecule has 0 aliphatic heterocycles. The highest BCUT2D eigenvalue weighted by Crippen LogP contribution is 2.52. The Kier molecular flexibility index (Phi) is 11.4. The van der Waals surface area contributed by atoms with Crippen molar-refractivity contribution < 1.29 is 0 Å². The Bertz CT molecular complexity index is 4210. The predicted molar refractivity (Wildman–Crippen MR) is 330 cm³/mol. The molecular weight excluding hydrogens is 929 g/mol. The largest absolute Gasteiger partial charge is 0.309 e. The first-order valence-electron chi connectivity index (χ1n) is 27.3. The Morgan fingerprint density at radius 2 is 0.870 bits per heavy atom. The molecule has 1 aromatic heterocycles. The van der Waals surface area contributed by atoms with Gasteiger partial charge in [-0.2, -0.15) is 0 Å². The lowest BCUT2D eigenvalue weighted by molar-refractivity contribution is 0.569. The van der Waals surface area contributed by atoms with E-state index in [0.717, 1.165) is 28.3 Å². The Hall–Kier alpha value is -8.72. The van der Waals surface area contributed by atoms with Crippen molar-refractivity contribution in [3.05, 3.63) is 265 Å². The van der Waals surface area contributed by atoms with Crippen molar-refractivity contribution in [3.63, 3.8) is 0 Å². The van der Waals surface area contributed by atoms with Crippen molar-refractivity contribution in [2.75, 3.05) is 4.90 Å². The van der Waals surface area contributed by atoms with Crippen LogP contribution in [0.2, 0.25) is 0 Å². The van der Waals surface area contributed by atoms with Gasteiger partial charge in [-0.15, -0.1) is 0 Å². The number of nitrogens with zero attached hydrogens (tertiary/aromatic N) is 2. The summed E-state index contributed by atoms with van der Waals surface area (Å²) < 4.78 is 2.40. The fraction of sp³-hybridized carbons (Fsp3) is 0.147. The van der Waals surface area contributed by atoms with E-state index in [9.17, 15) is 0 Å². The Balaban J connectivity index is 1.03. The molecule has 12 aromatic rings. The molecule has 0 atom stereocenters. The molecule has 0 spiro atoms. The molecule has 0 N–H and O–H groups in total. The molecule has 374 valence electrons. The van der Waals surface area contributed by atoms with Gasteiger partial charge < -0.3 is 9.47 Å². The lowest BCUT2D eigenvalue weighted by Crippen LogP contribution is -2.16. The molecule has 2 nitrogen and oxygen atoms in total. The van der Waals surface area contributed by atoms with Crippen molar-refractivity contribution in [2.24, 2.45) is 0 Å². The van der Waals surface area contributed by atoms with Crippen LogP contribution < -0.4 is 4.90 Å². The Morgan fingerprint density at radius 1 is 0.351 bits per heavy atom. The van der Waals surface area contributed by atoms with Crippen LogP contribution in [0.25, 0.3) is 93.9 Å². The fourth-order valence-electron chi connectivity index (χ4n) is 12.4. The maximum absolute atomic E-state index is 2.52. The number of hydrogen-bond donors (Lipinski definition) is 0. The van der Waals surface area contributed by atoms with Gasteiger partial charge in [0.1, 0.15) is 0 Å². The lowest BCUT2D eigenvalue weighted by Gasteiger charge is -2.31. The average Bonchev–Trinajstić information content (AvgIpc) is 3.91. The summed E-state index contributed by atoms with van der Waals surface area (Å²) in [4.78, 5) is 2.52. The van der Waals surface area contributed by atoms with Crippen molar-refractivity contribution in [1.82, 2.24) is 4.57 Å². The van der Waals surface area contributed by atoms with E-state index in [2.05, 4.69) is 308 Å². The molecule has 0 radical (unpaired) electrons. The summed E-state index contributed by atoms with van der Waals surface area (Å²) in [5.41, 5.74) is 24.3. The van der Waals surface area contributed by atoms with Gasteiger partial charge in [0.05, 0.1) is 22.4 Å². The highest BCUT2D eigenvalue weighted by atomic mass is 15.1. The van der Waals surface area contributed by atoms with Crippen LogP contribution in [0.15, 0.2) is 243 Å². The molecule has 0 amide bonds. The molecule has 2 heteroatoms. The van der Waals surface area contributed by atoms with Crippen molar-refractivity contribution in [1.29, 1.82) is 0 Å². The summed E-state index contributed by atoms with van der Waals surface area (Å²) in [5.74, 6) is 0. The first-order valence-corrected chi connectivity index (χ1v) is 27.3. The molecule has 13 rings (SSSR count). The van der Waals surface area contributed by atoms with Gasteiger partial charge >= 0.3 is 0 Å². The third-order valence-corrected chi connectivity index (χ3v) is 16.5.